The molecule has 3 aromatic rings. The van der Waals surface area contributed by atoms with Crippen LogP contribution in [0.3, 0.4) is 0 Å². The summed E-state index contributed by atoms with van der Waals surface area (Å²) in [6.45, 7) is 7.44. The summed E-state index contributed by atoms with van der Waals surface area (Å²) in [6, 6.07) is 1.90. The van der Waals surface area contributed by atoms with E-state index in [1.54, 1.807) is 20.9 Å². The van der Waals surface area contributed by atoms with Crippen molar-refractivity contribution in [3.63, 3.8) is 0 Å². The van der Waals surface area contributed by atoms with Gasteiger partial charge < -0.3 is 4.90 Å². The molecule has 10 heteroatoms. The number of piperidine rings is 1. The number of carbonyl (C=O) groups is 1. The Morgan fingerprint density at radius 2 is 2.07 bits per heavy atom. The Kier molecular flexibility index (Phi) is 4.48. The predicted molar refractivity (Wildman–Crippen MR) is 101 cm³/mol. The summed E-state index contributed by atoms with van der Waals surface area (Å²) in [5.41, 5.74) is 1.58. The molecule has 1 amide bonds. The quantitative estimate of drug-likeness (QED) is 0.658. The second-order valence-corrected chi connectivity index (χ2v) is 7.30. The third-order valence-electron chi connectivity index (χ3n) is 5.31. The molecule has 0 aromatic carbocycles. The lowest BCUT2D eigenvalue weighted by Crippen LogP contribution is -2.41. The van der Waals surface area contributed by atoms with Crippen molar-refractivity contribution in [2.45, 2.75) is 46.1 Å². The molecule has 0 spiro atoms. The SMILES string of the molecule is CCn1c([C@@H]2CCCN(C(=O)c3nnc4nc(C)cc(C)n34)C2)nn(C)c1=O. The third kappa shape index (κ3) is 2.88. The van der Waals surface area contributed by atoms with E-state index in [2.05, 4.69) is 20.3 Å². The van der Waals surface area contributed by atoms with Crippen LogP contribution in [0.1, 0.15) is 53.5 Å². The van der Waals surface area contributed by atoms with Gasteiger partial charge in [0.1, 0.15) is 5.82 Å². The summed E-state index contributed by atoms with van der Waals surface area (Å²) in [4.78, 5) is 31.6. The second-order valence-electron chi connectivity index (χ2n) is 7.30. The molecule has 4 rings (SSSR count). The van der Waals surface area contributed by atoms with Crippen molar-refractivity contribution in [2.75, 3.05) is 13.1 Å². The lowest BCUT2D eigenvalue weighted by Gasteiger charge is -2.31. The Labute approximate surface area is 161 Å². The molecule has 3 aromatic heterocycles. The third-order valence-corrected chi connectivity index (χ3v) is 5.31. The van der Waals surface area contributed by atoms with Crippen LogP contribution in [0.25, 0.3) is 5.78 Å². The fourth-order valence-corrected chi connectivity index (χ4v) is 4.00. The van der Waals surface area contributed by atoms with Crippen LogP contribution >= 0.6 is 0 Å². The van der Waals surface area contributed by atoms with Crippen LogP contribution in [-0.2, 0) is 13.6 Å². The molecule has 1 fully saturated rings. The highest BCUT2D eigenvalue weighted by atomic mass is 16.2. The summed E-state index contributed by atoms with van der Waals surface area (Å²) < 4.78 is 4.74. The summed E-state index contributed by atoms with van der Waals surface area (Å²) >= 11 is 0. The number of carbonyl (C=O) groups excluding carboxylic acids is 1. The fraction of sp³-hybridized carbons (Fsp3) is 0.556. The maximum absolute atomic E-state index is 13.2. The summed E-state index contributed by atoms with van der Waals surface area (Å²) in [5.74, 6) is 1.29. The first-order valence-electron chi connectivity index (χ1n) is 9.53. The largest absolute Gasteiger partial charge is 0.345 e. The van der Waals surface area contributed by atoms with Crippen LogP contribution in [0.4, 0.5) is 0 Å². The number of aryl methyl sites for hydroxylation is 3. The number of amides is 1. The van der Waals surface area contributed by atoms with Crippen molar-refractivity contribution in [1.82, 2.24) is 38.8 Å². The van der Waals surface area contributed by atoms with Gasteiger partial charge in [-0.15, -0.1) is 10.2 Å². The smallest absolute Gasteiger partial charge is 0.335 e. The number of nitrogens with zero attached hydrogens (tertiary/aromatic N) is 8. The topological polar surface area (TPSA) is 103 Å². The molecule has 0 bridgehead atoms. The number of likely N-dealkylation sites (tertiary alicyclic amines) is 1. The molecule has 0 unspecified atom stereocenters. The van der Waals surface area contributed by atoms with E-state index in [1.807, 2.05) is 26.8 Å². The van der Waals surface area contributed by atoms with Crippen LogP contribution in [0.15, 0.2) is 10.9 Å². The summed E-state index contributed by atoms with van der Waals surface area (Å²) in [6.07, 6.45) is 1.73. The van der Waals surface area contributed by atoms with E-state index in [1.165, 1.54) is 4.68 Å². The van der Waals surface area contributed by atoms with E-state index >= 15 is 0 Å². The zero-order valence-electron chi connectivity index (χ0n) is 16.6. The van der Waals surface area contributed by atoms with Crippen LogP contribution in [0.2, 0.25) is 0 Å². The minimum Gasteiger partial charge on any atom is -0.335 e. The first-order chi connectivity index (χ1) is 13.4. The molecule has 0 N–H and O–H groups in total. The number of fused-ring (bicyclic) bond motifs is 1. The van der Waals surface area contributed by atoms with Crippen LogP contribution in [-0.4, -0.2) is 57.8 Å². The van der Waals surface area contributed by atoms with Gasteiger partial charge in [-0.1, -0.05) is 0 Å². The summed E-state index contributed by atoms with van der Waals surface area (Å²) in [5, 5.41) is 12.6. The van der Waals surface area contributed by atoms with Crippen molar-refractivity contribution >= 4 is 11.7 Å². The molecule has 0 saturated carbocycles. The molecule has 4 heterocycles. The number of hydrogen-bond donors (Lipinski definition) is 0. The second kappa shape index (κ2) is 6.84. The van der Waals surface area contributed by atoms with Gasteiger partial charge in [-0.05, 0) is 39.7 Å². The molecule has 148 valence electrons. The van der Waals surface area contributed by atoms with E-state index in [0.717, 1.165) is 30.1 Å². The normalized spacial score (nSPS) is 17.4. The molecule has 28 heavy (non-hydrogen) atoms. The minimum atomic E-state index is -0.174. The first kappa shape index (κ1) is 18.3. The molecule has 1 saturated heterocycles. The van der Waals surface area contributed by atoms with Gasteiger partial charge in [-0.3, -0.25) is 13.8 Å². The van der Waals surface area contributed by atoms with Gasteiger partial charge in [0.05, 0.1) is 0 Å². The van der Waals surface area contributed by atoms with Crippen molar-refractivity contribution in [2.24, 2.45) is 7.05 Å². The standard InChI is InChI=1S/C18H24N8O2/c1-5-25-14(22-23(4)18(25)28)13-7-6-8-24(10-13)16(27)15-20-21-17-19-11(2)9-12(3)26(15)17/h9,13H,5-8,10H2,1-4H3/t13-/m1/s1. The molecule has 0 radical (unpaired) electrons. The molecule has 1 aliphatic rings. The Morgan fingerprint density at radius 3 is 2.82 bits per heavy atom. The predicted octanol–water partition coefficient (Wildman–Crippen LogP) is 0.676. The lowest BCUT2D eigenvalue weighted by molar-refractivity contribution is 0.0689. The maximum Gasteiger partial charge on any atom is 0.345 e. The van der Waals surface area contributed by atoms with Crippen LogP contribution in [0.5, 0.6) is 0 Å². The number of aromatic nitrogens is 7. The highest BCUT2D eigenvalue weighted by molar-refractivity contribution is 5.91. The first-order valence-corrected chi connectivity index (χ1v) is 9.53. The van der Waals surface area contributed by atoms with Crippen molar-refractivity contribution in [3.05, 3.63) is 39.6 Å². The lowest BCUT2D eigenvalue weighted by atomic mass is 9.97. The van der Waals surface area contributed by atoms with Gasteiger partial charge in [0.25, 0.3) is 11.7 Å². The maximum atomic E-state index is 13.2. The molecule has 0 aliphatic carbocycles. The van der Waals surface area contributed by atoms with Crippen LogP contribution < -0.4 is 5.69 Å². The van der Waals surface area contributed by atoms with Crippen LogP contribution in [0, 0.1) is 13.8 Å². The average molecular weight is 384 g/mol. The van der Waals surface area contributed by atoms with E-state index in [0.29, 0.717) is 25.4 Å². The van der Waals surface area contributed by atoms with Crippen molar-refractivity contribution < 1.29 is 4.79 Å². The number of hydrogen-bond acceptors (Lipinski definition) is 6. The Balaban J connectivity index is 1.65. The van der Waals surface area contributed by atoms with E-state index < -0.39 is 0 Å². The minimum absolute atomic E-state index is 0.0206. The van der Waals surface area contributed by atoms with Gasteiger partial charge in [0.15, 0.2) is 0 Å². The number of rotatable bonds is 3. The molecule has 10 nitrogen and oxygen atoms in total. The van der Waals surface area contributed by atoms with E-state index in [4.69, 9.17) is 0 Å². The van der Waals surface area contributed by atoms with Gasteiger partial charge in [0.2, 0.25) is 5.82 Å². The summed E-state index contributed by atoms with van der Waals surface area (Å²) in [7, 11) is 1.66. The van der Waals surface area contributed by atoms with Crippen molar-refractivity contribution in [3.8, 4) is 0 Å². The van der Waals surface area contributed by atoms with Crippen molar-refractivity contribution in [1.29, 1.82) is 0 Å². The molecular formula is C18H24N8O2. The highest BCUT2D eigenvalue weighted by Crippen LogP contribution is 2.26. The average Bonchev–Trinajstić information content (AvgIpc) is 3.22. The molecule has 1 aliphatic heterocycles. The Hall–Kier alpha value is -3.04. The van der Waals surface area contributed by atoms with E-state index in [-0.39, 0.29) is 23.3 Å². The Morgan fingerprint density at radius 1 is 1.29 bits per heavy atom. The van der Waals surface area contributed by atoms with Gasteiger partial charge in [0, 0.05) is 44.0 Å². The molecule has 1 atom stereocenters. The molecular weight excluding hydrogens is 360 g/mol. The monoisotopic (exact) mass is 384 g/mol. The van der Waals surface area contributed by atoms with Gasteiger partial charge in [-0.25, -0.2) is 14.5 Å². The van der Waals surface area contributed by atoms with Gasteiger partial charge in [-0.2, -0.15) is 5.10 Å². The highest BCUT2D eigenvalue weighted by Gasteiger charge is 2.31. The Bertz CT molecular complexity index is 1110. The van der Waals surface area contributed by atoms with Gasteiger partial charge >= 0.3 is 5.69 Å². The fourth-order valence-electron chi connectivity index (χ4n) is 4.00. The van der Waals surface area contributed by atoms with E-state index in [9.17, 15) is 9.59 Å². The zero-order valence-corrected chi connectivity index (χ0v) is 16.6. The zero-order chi connectivity index (χ0) is 20.0.